The molecule has 0 bridgehead atoms. The minimum atomic E-state index is -4.36. The standard InChI is InChI=1S/C13H16F3NO/c14-13(15,16)11-5-1-3-9(7-11)12(18)10-4-2-6-17-8-10/h1,3,5,7,10,12,17-18H,2,4,6,8H2/t10-,12-/m0/s1. The lowest BCUT2D eigenvalue weighted by atomic mass is 9.89. The van der Waals surface area contributed by atoms with E-state index in [-0.39, 0.29) is 5.92 Å². The van der Waals surface area contributed by atoms with Crippen LogP contribution in [0, 0.1) is 5.92 Å². The molecule has 1 saturated heterocycles. The molecule has 1 fully saturated rings. The van der Waals surface area contributed by atoms with Crippen LogP contribution in [-0.2, 0) is 6.18 Å². The van der Waals surface area contributed by atoms with Gasteiger partial charge < -0.3 is 10.4 Å². The number of halogens is 3. The molecular formula is C13H16F3NO. The first-order valence-electron chi connectivity index (χ1n) is 6.04. The maximum atomic E-state index is 12.6. The molecule has 0 unspecified atom stereocenters. The number of hydrogen-bond acceptors (Lipinski definition) is 2. The van der Waals surface area contributed by atoms with Gasteiger partial charge >= 0.3 is 6.18 Å². The van der Waals surface area contributed by atoms with Gasteiger partial charge in [-0.05, 0) is 37.1 Å². The van der Waals surface area contributed by atoms with Gasteiger partial charge in [0.2, 0.25) is 0 Å². The fourth-order valence-electron chi connectivity index (χ4n) is 2.32. The Balaban J connectivity index is 2.17. The number of aliphatic hydroxyl groups excluding tert-OH is 1. The van der Waals surface area contributed by atoms with Crippen molar-refractivity contribution in [2.75, 3.05) is 13.1 Å². The fraction of sp³-hybridized carbons (Fsp3) is 0.538. The maximum absolute atomic E-state index is 12.6. The van der Waals surface area contributed by atoms with Crippen molar-refractivity contribution in [1.82, 2.24) is 5.32 Å². The Bertz CT molecular complexity index is 399. The molecule has 0 radical (unpaired) electrons. The predicted octanol–water partition coefficient (Wildman–Crippen LogP) is 2.74. The number of benzene rings is 1. The van der Waals surface area contributed by atoms with E-state index < -0.39 is 17.8 Å². The lowest BCUT2D eigenvalue weighted by Gasteiger charge is -2.27. The first kappa shape index (κ1) is 13.4. The summed E-state index contributed by atoms with van der Waals surface area (Å²) in [6, 6.07) is 4.96. The molecule has 18 heavy (non-hydrogen) atoms. The van der Waals surface area contributed by atoms with Gasteiger partial charge in [-0.15, -0.1) is 0 Å². The summed E-state index contributed by atoms with van der Waals surface area (Å²) in [7, 11) is 0. The molecule has 2 atom stereocenters. The summed E-state index contributed by atoms with van der Waals surface area (Å²) in [4.78, 5) is 0. The Morgan fingerprint density at radius 1 is 1.33 bits per heavy atom. The van der Waals surface area contributed by atoms with Crippen LogP contribution in [0.3, 0.4) is 0 Å². The molecule has 100 valence electrons. The highest BCUT2D eigenvalue weighted by Crippen LogP contribution is 2.33. The van der Waals surface area contributed by atoms with Crippen molar-refractivity contribution in [3.8, 4) is 0 Å². The highest BCUT2D eigenvalue weighted by Gasteiger charge is 2.31. The zero-order valence-corrected chi connectivity index (χ0v) is 9.87. The Kier molecular flexibility index (Phi) is 3.92. The van der Waals surface area contributed by atoms with E-state index in [0.717, 1.165) is 31.5 Å². The van der Waals surface area contributed by atoms with E-state index in [2.05, 4.69) is 5.32 Å². The predicted molar refractivity (Wildman–Crippen MR) is 62.0 cm³/mol. The topological polar surface area (TPSA) is 32.3 Å². The molecule has 0 spiro atoms. The van der Waals surface area contributed by atoms with Crippen molar-refractivity contribution in [3.63, 3.8) is 0 Å². The average Bonchev–Trinajstić information content (AvgIpc) is 2.38. The van der Waals surface area contributed by atoms with E-state index in [1.54, 1.807) is 6.07 Å². The quantitative estimate of drug-likeness (QED) is 0.856. The smallest absolute Gasteiger partial charge is 0.388 e. The normalized spacial score (nSPS) is 22.8. The highest BCUT2D eigenvalue weighted by molar-refractivity contribution is 5.27. The van der Waals surface area contributed by atoms with Crippen LogP contribution in [0.5, 0.6) is 0 Å². The zero-order valence-electron chi connectivity index (χ0n) is 9.87. The van der Waals surface area contributed by atoms with Crippen molar-refractivity contribution >= 4 is 0 Å². The van der Waals surface area contributed by atoms with Gasteiger partial charge in [-0.2, -0.15) is 13.2 Å². The van der Waals surface area contributed by atoms with Crippen LogP contribution >= 0.6 is 0 Å². The Labute approximate surface area is 104 Å². The van der Waals surface area contributed by atoms with E-state index >= 15 is 0 Å². The highest BCUT2D eigenvalue weighted by atomic mass is 19.4. The Morgan fingerprint density at radius 3 is 2.72 bits per heavy atom. The molecule has 0 aliphatic carbocycles. The molecule has 1 aliphatic rings. The second-order valence-electron chi connectivity index (χ2n) is 4.67. The van der Waals surface area contributed by atoms with Crippen LogP contribution < -0.4 is 5.32 Å². The van der Waals surface area contributed by atoms with Crippen LogP contribution in [-0.4, -0.2) is 18.2 Å². The zero-order chi connectivity index (χ0) is 13.2. The van der Waals surface area contributed by atoms with Gasteiger partial charge in [0.1, 0.15) is 0 Å². The first-order valence-corrected chi connectivity index (χ1v) is 6.04. The van der Waals surface area contributed by atoms with Crippen molar-refractivity contribution in [3.05, 3.63) is 35.4 Å². The average molecular weight is 259 g/mol. The number of alkyl halides is 3. The van der Waals surface area contributed by atoms with Crippen LogP contribution in [0.4, 0.5) is 13.2 Å². The van der Waals surface area contributed by atoms with Crippen molar-refractivity contribution < 1.29 is 18.3 Å². The van der Waals surface area contributed by atoms with Crippen LogP contribution in [0.2, 0.25) is 0 Å². The summed E-state index contributed by atoms with van der Waals surface area (Å²) in [5, 5.41) is 13.3. The molecule has 1 aromatic carbocycles. The van der Waals surface area contributed by atoms with Crippen LogP contribution in [0.25, 0.3) is 0 Å². The summed E-state index contributed by atoms with van der Waals surface area (Å²) < 4.78 is 37.7. The minimum absolute atomic E-state index is 0.0118. The van der Waals surface area contributed by atoms with Gasteiger partial charge in [-0.1, -0.05) is 12.1 Å². The summed E-state index contributed by atoms with van der Waals surface area (Å²) in [6.07, 6.45) is -3.41. The van der Waals surface area contributed by atoms with Gasteiger partial charge in [0.15, 0.2) is 0 Å². The van der Waals surface area contributed by atoms with Crippen molar-refractivity contribution in [2.45, 2.75) is 25.1 Å². The molecule has 0 saturated carbocycles. The number of aliphatic hydroxyl groups is 1. The monoisotopic (exact) mass is 259 g/mol. The fourth-order valence-corrected chi connectivity index (χ4v) is 2.32. The molecule has 2 rings (SSSR count). The lowest BCUT2D eigenvalue weighted by Crippen LogP contribution is -2.33. The first-order chi connectivity index (χ1) is 8.48. The minimum Gasteiger partial charge on any atom is -0.388 e. The van der Waals surface area contributed by atoms with E-state index in [0.29, 0.717) is 12.1 Å². The third-order valence-electron chi connectivity index (χ3n) is 3.34. The number of nitrogens with one attached hydrogen (secondary N) is 1. The third kappa shape index (κ3) is 3.03. The Morgan fingerprint density at radius 2 is 2.11 bits per heavy atom. The van der Waals surface area contributed by atoms with Gasteiger partial charge in [0.05, 0.1) is 11.7 Å². The largest absolute Gasteiger partial charge is 0.416 e. The van der Waals surface area contributed by atoms with Gasteiger partial charge in [-0.25, -0.2) is 0 Å². The molecule has 1 heterocycles. The summed E-state index contributed by atoms with van der Waals surface area (Å²) in [5.41, 5.74) is -0.360. The number of rotatable bonds is 2. The second-order valence-corrected chi connectivity index (χ2v) is 4.67. The molecule has 2 nitrogen and oxygen atoms in total. The maximum Gasteiger partial charge on any atom is 0.416 e. The summed E-state index contributed by atoms with van der Waals surface area (Å²) >= 11 is 0. The van der Waals surface area contributed by atoms with Crippen LogP contribution in [0.1, 0.15) is 30.1 Å². The molecule has 0 aromatic heterocycles. The summed E-state index contributed by atoms with van der Waals surface area (Å²) in [6.45, 7) is 1.56. The Hall–Kier alpha value is -1.07. The summed E-state index contributed by atoms with van der Waals surface area (Å²) in [5.74, 6) is -0.0118. The molecule has 2 N–H and O–H groups in total. The van der Waals surface area contributed by atoms with E-state index in [1.165, 1.54) is 6.07 Å². The molecule has 1 aliphatic heterocycles. The van der Waals surface area contributed by atoms with Gasteiger partial charge in [-0.3, -0.25) is 0 Å². The molecule has 1 aromatic rings. The second kappa shape index (κ2) is 5.28. The van der Waals surface area contributed by atoms with Gasteiger partial charge in [0, 0.05) is 12.5 Å². The van der Waals surface area contributed by atoms with Gasteiger partial charge in [0.25, 0.3) is 0 Å². The SMILES string of the molecule is O[C@@H](c1cccc(C(F)(F)F)c1)[C@H]1CCCNC1. The van der Waals surface area contributed by atoms with Crippen molar-refractivity contribution in [2.24, 2.45) is 5.92 Å². The lowest BCUT2D eigenvalue weighted by molar-refractivity contribution is -0.137. The van der Waals surface area contributed by atoms with Crippen LogP contribution in [0.15, 0.2) is 24.3 Å². The van der Waals surface area contributed by atoms with E-state index in [1.807, 2.05) is 0 Å². The number of piperidine rings is 1. The number of hydrogen-bond donors (Lipinski definition) is 2. The van der Waals surface area contributed by atoms with E-state index in [4.69, 9.17) is 0 Å². The van der Waals surface area contributed by atoms with E-state index in [9.17, 15) is 18.3 Å². The van der Waals surface area contributed by atoms with Crippen molar-refractivity contribution in [1.29, 1.82) is 0 Å². The molecular weight excluding hydrogens is 243 g/mol. The molecule has 5 heteroatoms. The molecule has 0 amide bonds. The third-order valence-corrected chi connectivity index (χ3v) is 3.34.